The Kier molecular flexibility index (Phi) is 3.17. The Balaban J connectivity index is 1.78. The summed E-state index contributed by atoms with van der Waals surface area (Å²) >= 11 is 0. The number of nitrogens with zero attached hydrogens (tertiary/aromatic N) is 3. The largest absolute Gasteiger partial charge is 0.374 e. The van der Waals surface area contributed by atoms with Gasteiger partial charge in [-0.2, -0.15) is 0 Å². The molecule has 5 nitrogen and oxygen atoms in total. The van der Waals surface area contributed by atoms with E-state index in [1.807, 2.05) is 24.5 Å². The van der Waals surface area contributed by atoms with Gasteiger partial charge in [0.2, 0.25) is 0 Å². The maximum atomic E-state index is 5.73. The molecule has 0 spiro atoms. The lowest BCUT2D eigenvalue weighted by molar-refractivity contribution is 0.0339. The topological polar surface area (TPSA) is 41.8 Å². The summed E-state index contributed by atoms with van der Waals surface area (Å²) < 4.78 is 7.83. The number of likely N-dealkylation sites (N-methyl/N-ethyl adjacent to an activating group) is 1. The zero-order chi connectivity index (χ0) is 12.4. The first-order valence-corrected chi connectivity index (χ1v) is 6.30. The van der Waals surface area contributed by atoms with Crippen molar-refractivity contribution in [2.24, 2.45) is 0 Å². The van der Waals surface area contributed by atoms with Gasteiger partial charge in [0, 0.05) is 39.1 Å². The van der Waals surface area contributed by atoms with Crippen LogP contribution in [0.25, 0.3) is 5.65 Å². The molecule has 1 atom stereocenters. The second kappa shape index (κ2) is 4.96. The molecule has 1 unspecified atom stereocenters. The van der Waals surface area contributed by atoms with Crippen molar-refractivity contribution in [3.05, 3.63) is 30.6 Å². The Hall–Kier alpha value is -1.59. The molecule has 2 aromatic rings. The fraction of sp³-hybridized carbons (Fsp3) is 0.462. The summed E-state index contributed by atoms with van der Waals surface area (Å²) in [5, 5.41) is 3.35. The molecule has 1 aliphatic heterocycles. The summed E-state index contributed by atoms with van der Waals surface area (Å²) in [5.41, 5.74) is 0.974. The molecular weight excluding hydrogens is 228 g/mol. The summed E-state index contributed by atoms with van der Waals surface area (Å²) in [6.07, 6.45) is 4.06. The number of pyridine rings is 1. The Bertz CT molecular complexity index is 518. The van der Waals surface area contributed by atoms with Gasteiger partial charge in [-0.25, -0.2) is 4.98 Å². The van der Waals surface area contributed by atoms with E-state index in [-0.39, 0.29) is 6.10 Å². The third-order valence-corrected chi connectivity index (χ3v) is 3.28. The van der Waals surface area contributed by atoms with Crippen molar-refractivity contribution in [1.29, 1.82) is 0 Å². The average molecular weight is 246 g/mol. The molecule has 0 saturated carbocycles. The van der Waals surface area contributed by atoms with Crippen molar-refractivity contribution in [3.8, 4) is 0 Å². The lowest BCUT2D eigenvalue weighted by Crippen LogP contribution is -2.44. The van der Waals surface area contributed by atoms with Gasteiger partial charge < -0.3 is 15.0 Å². The Morgan fingerprint density at radius 1 is 1.56 bits per heavy atom. The standard InChI is InChI=1S/C13H18N4O/c1-16(10-11-9-14-6-8-18-11)13-4-2-3-12-15-5-7-17(12)13/h2-5,7,11,14H,6,8-10H2,1H3. The molecular formula is C13H18N4O. The van der Waals surface area contributed by atoms with Crippen LogP contribution < -0.4 is 10.2 Å². The highest BCUT2D eigenvalue weighted by molar-refractivity contribution is 5.51. The Morgan fingerprint density at radius 3 is 3.33 bits per heavy atom. The van der Waals surface area contributed by atoms with E-state index in [1.165, 1.54) is 0 Å². The van der Waals surface area contributed by atoms with Crippen LogP contribution in [0.5, 0.6) is 0 Å². The maximum Gasteiger partial charge on any atom is 0.138 e. The Labute approximate surface area is 106 Å². The number of aromatic nitrogens is 2. The third kappa shape index (κ3) is 2.19. The van der Waals surface area contributed by atoms with Crippen molar-refractivity contribution >= 4 is 11.5 Å². The number of ether oxygens (including phenoxy) is 1. The van der Waals surface area contributed by atoms with E-state index in [0.29, 0.717) is 0 Å². The number of hydrogen-bond donors (Lipinski definition) is 1. The van der Waals surface area contributed by atoms with E-state index in [1.54, 1.807) is 0 Å². The van der Waals surface area contributed by atoms with Crippen LogP contribution in [0.15, 0.2) is 30.6 Å². The summed E-state index contributed by atoms with van der Waals surface area (Å²) in [5.74, 6) is 1.14. The monoisotopic (exact) mass is 246 g/mol. The minimum Gasteiger partial charge on any atom is -0.374 e. The molecule has 3 rings (SSSR count). The molecule has 1 fully saturated rings. The van der Waals surface area contributed by atoms with E-state index in [2.05, 4.69) is 32.7 Å². The van der Waals surface area contributed by atoms with E-state index in [4.69, 9.17) is 4.74 Å². The highest BCUT2D eigenvalue weighted by atomic mass is 16.5. The second-order valence-electron chi connectivity index (χ2n) is 4.62. The van der Waals surface area contributed by atoms with Crippen LogP contribution >= 0.6 is 0 Å². The first-order chi connectivity index (χ1) is 8.84. The number of imidazole rings is 1. The highest BCUT2D eigenvalue weighted by Crippen LogP contribution is 2.15. The average Bonchev–Trinajstić information content (AvgIpc) is 2.87. The summed E-state index contributed by atoms with van der Waals surface area (Å²) in [7, 11) is 2.09. The van der Waals surface area contributed by atoms with E-state index in [9.17, 15) is 0 Å². The molecule has 0 radical (unpaired) electrons. The fourth-order valence-electron chi connectivity index (χ4n) is 2.38. The number of fused-ring (bicyclic) bond motifs is 1. The normalized spacial score (nSPS) is 20.2. The smallest absolute Gasteiger partial charge is 0.138 e. The summed E-state index contributed by atoms with van der Waals surface area (Å²) in [6.45, 7) is 3.56. The lowest BCUT2D eigenvalue weighted by Gasteiger charge is -2.29. The Morgan fingerprint density at radius 2 is 2.50 bits per heavy atom. The molecule has 5 heteroatoms. The van der Waals surface area contributed by atoms with Gasteiger partial charge in [-0.15, -0.1) is 0 Å². The lowest BCUT2D eigenvalue weighted by atomic mass is 10.3. The van der Waals surface area contributed by atoms with Gasteiger partial charge in [0.15, 0.2) is 0 Å². The first kappa shape index (κ1) is 11.5. The van der Waals surface area contributed by atoms with E-state index >= 15 is 0 Å². The molecule has 3 heterocycles. The summed E-state index contributed by atoms with van der Waals surface area (Å²) in [6, 6.07) is 6.15. The molecule has 1 aliphatic rings. The molecule has 0 bridgehead atoms. The van der Waals surface area contributed by atoms with Crippen LogP contribution in [0, 0.1) is 0 Å². The van der Waals surface area contributed by atoms with Gasteiger partial charge in [0.1, 0.15) is 11.5 Å². The van der Waals surface area contributed by atoms with Crippen molar-refractivity contribution in [2.75, 3.05) is 38.2 Å². The third-order valence-electron chi connectivity index (χ3n) is 3.28. The molecule has 0 amide bonds. The number of anilines is 1. The van der Waals surface area contributed by atoms with Gasteiger partial charge in [-0.3, -0.25) is 4.40 Å². The number of morpholine rings is 1. The zero-order valence-electron chi connectivity index (χ0n) is 10.5. The van der Waals surface area contributed by atoms with Crippen molar-refractivity contribution in [3.63, 3.8) is 0 Å². The van der Waals surface area contributed by atoms with Gasteiger partial charge in [0.25, 0.3) is 0 Å². The van der Waals surface area contributed by atoms with E-state index in [0.717, 1.165) is 37.7 Å². The SMILES string of the molecule is CN(CC1CNCCO1)c1cccc2nccn12. The van der Waals surface area contributed by atoms with Crippen molar-refractivity contribution in [2.45, 2.75) is 6.10 Å². The van der Waals surface area contributed by atoms with E-state index < -0.39 is 0 Å². The second-order valence-corrected chi connectivity index (χ2v) is 4.62. The minimum atomic E-state index is 0.252. The zero-order valence-corrected chi connectivity index (χ0v) is 10.5. The number of hydrogen-bond acceptors (Lipinski definition) is 4. The number of nitrogens with one attached hydrogen (secondary N) is 1. The molecule has 1 saturated heterocycles. The number of rotatable bonds is 3. The molecule has 96 valence electrons. The highest BCUT2D eigenvalue weighted by Gasteiger charge is 2.16. The molecule has 1 N–H and O–H groups in total. The summed E-state index contributed by atoms with van der Waals surface area (Å²) in [4.78, 5) is 6.52. The van der Waals surface area contributed by atoms with Gasteiger partial charge in [-0.05, 0) is 12.1 Å². The quantitative estimate of drug-likeness (QED) is 0.868. The van der Waals surface area contributed by atoms with Crippen LogP contribution in [-0.2, 0) is 4.74 Å². The fourth-order valence-corrected chi connectivity index (χ4v) is 2.38. The molecule has 18 heavy (non-hydrogen) atoms. The molecule has 0 aromatic carbocycles. The minimum absolute atomic E-state index is 0.252. The maximum absolute atomic E-state index is 5.73. The van der Waals surface area contributed by atoms with Gasteiger partial charge in [-0.1, -0.05) is 6.07 Å². The van der Waals surface area contributed by atoms with Crippen LogP contribution in [0.1, 0.15) is 0 Å². The van der Waals surface area contributed by atoms with Crippen molar-refractivity contribution < 1.29 is 4.74 Å². The first-order valence-electron chi connectivity index (χ1n) is 6.30. The predicted octanol–water partition coefficient (Wildman–Crippen LogP) is 0.759. The van der Waals surface area contributed by atoms with Crippen LogP contribution in [0.2, 0.25) is 0 Å². The predicted molar refractivity (Wildman–Crippen MR) is 71.1 cm³/mol. The van der Waals surface area contributed by atoms with Crippen LogP contribution in [0.4, 0.5) is 5.82 Å². The van der Waals surface area contributed by atoms with Gasteiger partial charge >= 0.3 is 0 Å². The van der Waals surface area contributed by atoms with Crippen LogP contribution in [-0.4, -0.2) is 48.8 Å². The van der Waals surface area contributed by atoms with Gasteiger partial charge in [0.05, 0.1) is 12.7 Å². The van der Waals surface area contributed by atoms with Crippen molar-refractivity contribution in [1.82, 2.24) is 14.7 Å². The van der Waals surface area contributed by atoms with Crippen LogP contribution in [0.3, 0.4) is 0 Å². The molecule has 2 aromatic heterocycles. The molecule has 0 aliphatic carbocycles.